The van der Waals surface area contributed by atoms with Gasteiger partial charge in [-0.1, -0.05) is 0 Å². The summed E-state index contributed by atoms with van der Waals surface area (Å²) in [4.78, 5) is 15.3. The maximum Gasteiger partial charge on any atom is 0.239 e. The fourth-order valence-corrected chi connectivity index (χ4v) is 1.19. The average molecular weight is 196 g/mol. The predicted octanol–water partition coefficient (Wildman–Crippen LogP) is -0.480. The maximum absolute atomic E-state index is 11.2. The van der Waals surface area contributed by atoms with E-state index in [-0.39, 0.29) is 5.91 Å². The summed E-state index contributed by atoms with van der Waals surface area (Å²) in [5, 5.41) is 2.72. The fourth-order valence-electron chi connectivity index (χ4n) is 1.19. The van der Waals surface area contributed by atoms with Gasteiger partial charge in [-0.05, 0) is 13.5 Å². The number of nitrogens with zero attached hydrogens (tertiary/aromatic N) is 2. The topological polar surface area (TPSA) is 72.9 Å². The summed E-state index contributed by atoms with van der Waals surface area (Å²) in [6.07, 6.45) is 4.25. The SMILES string of the molecule is CCNC(=O)Cn1cnc(CCN)c1. The predicted molar refractivity (Wildman–Crippen MR) is 53.7 cm³/mol. The van der Waals surface area contributed by atoms with E-state index in [2.05, 4.69) is 10.3 Å². The van der Waals surface area contributed by atoms with Crippen molar-refractivity contribution in [2.75, 3.05) is 13.1 Å². The van der Waals surface area contributed by atoms with E-state index < -0.39 is 0 Å². The first-order chi connectivity index (χ1) is 6.76. The highest BCUT2D eigenvalue weighted by Crippen LogP contribution is 1.96. The molecular weight excluding hydrogens is 180 g/mol. The Morgan fingerprint density at radius 3 is 3.14 bits per heavy atom. The number of rotatable bonds is 5. The van der Waals surface area contributed by atoms with Gasteiger partial charge in [0.05, 0.1) is 12.0 Å². The minimum Gasteiger partial charge on any atom is -0.355 e. The molecule has 0 saturated heterocycles. The fraction of sp³-hybridized carbons (Fsp3) is 0.556. The van der Waals surface area contributed by atoms with Crippen molar-refractivity contribution in [3.8, 4) is 0 Å². The van der Waals surface area contributed by atoms with Crippen LogP contribution in [0.5, 0.6) is 0 Å². The molecule has 0 aliphatic heterocycles. The molecule has 0 radical (unpaired) electrons. The Bertz CT molecular complexity index is 295. The summed E-state index contributed by atoms with van der Waals surface area (Å²) in [7, 11) is 0. The van der Waals surface area contributed by atoms with Gasteiger partial charge in [-0.25, -0.2) is 4.98 Å². The lowest BCUT2D eigenvalue weighted by molar-refractivity contribution is -0.121. The van der Waals surface area contributed by atoms with Gasteiger partial charge in [0, 0.05) is 19.2 Å². The van der Waals surface area contributed by atoms with Gasteiger partial charge in [0.25, 0.3) is 0 Å². The van der Waals surface area contributed by atoms with Crippen LogP contribution in [0.25, 0.3) is 0 Å². The van der Waals surface area contributed by atoms with Gasteiger partial charge in [-0.3, -0.25) is 4.79 Å². The first-order valence-corrected chi connectivity index (χ1v) is 4.73. The van der Waals surface area contributed by atoms with Crippen LogP contribution in [0.1, 0.15) is 12.6 Å². The van der Waals surface area contributed by atoms with Crippen LogP contribution in [0.4, 0.5) is 0 Å². The minimum absolute atomic E-state index is 0.00389. The van der Waals surface area contributed by atoms with Gasteiger partial charge in [0.1, 0.15) is 6.54 Å². The number of hydrogen-bond donors (Lipinski definition) is 2. The summed E-state index contributed by atoms with van der Waals surface area (Å²) in [6, 6.07) is 0. The van der Waals surface area contributed by atoms with Crippen molar-refractivity contribution in [1.82, 2.24) is 14.9 Å². The molecular formula is C9H16N4O. The normalized spacial score (nSPS) is 10.1. The molecule has 0 aliphatic carbocycles. The van der Waals surface area contributed by atoms with E-state index in [0.29, 0.717) is 19.6 Å². The zero-order valence-electron chi connectivity index (χ0n) is 8.36. The summed E-state index contributed by atoms with van der Waals surface area (Å²) < 4.78 is 1.76. The third kappa shape index (κ3) is 3.18. The number of likely N-dealkylation sites (N-methyl/N-ethyl adjacent to an activating group) is 1. The van der Waals surface area contributed by atoms with Gasteiger partial charge < -0.3 is 15.6 Å². The van der Waals surface area contributed by atoms with E-state index in [4.69, 9.17) is 5.73 Å². The molecule has 0 saturated carbocycles. The van der Waals surface area contributed by atoms with Crippen molar-refractivity contribution in [1.29, 1.82) is 0 Å². The first-order valence-electron chi connectivity index (χ1n) is 4.73. The van der Waals surface area contributed by atoms with E-state index in [1.807, 2.05) is 13.1 Å². The molecule has 0 fully saturated rings. The minimum atomic E-state index is 0.00389. The number of aromatic nitrogens is 2. The Labute approximate surface area is 83.3 Å². The summed E-state index contributed by atoms with van der Waals surface area (Å²) >= 11 is 0. The van der Waals surface area contributed by atoms with Crippen LogP contribution < -0.4 is 11.1 Å². The molecule has 0 unspecified atom stereocenters. The van der Waals surface area contributed by atoms with Crippen molar-refractivity contribution in [3.63, 3.8) is 0 Å². The highest BCUT2D eigenvalue weighted by atomic mass is 16.1. The van der Waals surface area contributed by atoms with Gasteiger partial charge >= 0.3 is 0 Å². The molecule has 3 N–H and O–H groups in total. The van der Waals surface area contributed by atoms with Gasteiger partial charge in [0.2, 0.25) is 5.91 Å². The van der Waals surface area contributed by atoms with E-state index in [1.165, 1.54) is 0 Å². The smallest absolute Gasteiger partial charge is 0.239 e. The largest absolute Gasteiger partial charge is 0.355 e. The van der Waals surface area contributed by atoms with Crippen molar-refractivity contribution in [2.24, 2.45) is 5.73 Å². The maximum atomic E-state index is 11.2. The van der Waals surface area contributed by atoms with E-state index >= 15 is 0 Å². The Balaban J connectivity index is 2.46. The monoisotopic (exact) mass is 196 g/mol. The van der Waals surface area contributed by atoms with Crippen molar-refractivity contribution >= 4 is 5.91 Å². The van der Waals surface area contributed by atoms with E-state index in [9.17, 15) is 4.79 Å². The number of hydrogen-bond acceptors (Lipinski definition) is 3. The molecule has 78 valence electrons. The molecule has 0 atom stereocenters. The third-order valence-electron chi connectivity index (χ3n) is 1.79. The first kappa shape index (κ1) is 10.7. The molecule has 5 heteroatoms. The molecule has 1 heterocycles. The summed E-state index contributed by atoms with van der Waals surface area (Å²) in [5.41, 5.74) is 6.32. The second-order valence-corrected chi connectivity index (χ2v) is 3.03. The Morgan fingerprint density at radius 1 is 1.71 bits per heavy atom. The van der Waals surface area contributed by atoms with Gasteiger partial charge in [-0.2, -0.15) is 0 Å². The lowest BCUT2D eigenvalue weighted by Crippen LogP contribution is -2.26. The lowest BCUT2D eigenvalue weighted by atomic mass is 10.3. The summed E-state index contributed by atoms with van der Waals surface area (Å²) in [6.45, 7) is 3.46. The Morgan fingerprint density at radius 2 is 2.50 bits per heavy atom. The van der Waals surface area contributed by atoms with Crippen LogP contribution >= 0.6 is 0 Å². The van der Waals surface area contributed by atoms with Crippen molar-refractivity contribution in [3.05, 3.63) is 18.2 Å². The van der Waals surface area contributed by atoms with Crippen molar-refractivity contribution < 1.29 is 4.79 Å². The van der Waals surface area contributed by atoms with Crippen LogP contribution in [0, 0.1) is 0 Å². The molecule has 1 rings (SSSR count). The lowest BCUT2D eigenvalue weighted by Gasteiger charge is -2.01. The quantitative estimate of drug-likeness (QED) is 0.668. The van der Waals surface area contributed by atoms with E-state index in [1.54, 1.807) is 10.9 Å². The number of carbonyl (C=O) groups excluding carboxylic acids is 1. The molecule has 0 bridgehead atoms. The molecule has 14 heavy (non-hydrogen) atoms. The zero-order valence-corrected chi connectivity index (χ0v) is 8.36. The van der Waals surface area contributed by atoms with Crippen LogP contribution in [0.15, 0.2) is 12.5 Å². The number of amides is 1. The third-order valence-corrected chi connectivity index (χ3v) is 1.79. The van der Waals surface area contributed by atoms with Crippen LogP contribution in [-0.4, -0.2) is 28.5 Å². The van der Waals surface area contributed by atoms with Crippen LogP contribution in [-0.2, 0) is 17.8 Å². The molecule has 5 nitrogen and oxygen atoms in total. The molecule has 1 aromatic heterocycles. The van der Waals surface area contributed by atoms with Gasteiger partial charge in [-0.15, -0.1) is 0 Å². The molecule has 1 aromatic rings. The Kier molecular flexibility index (Phi) is 4.12. The number of nitrogens with one attached hydrogen (secondary N) is 1. The highest BCUT2D eigenvalue weighted by molar-refractivity contribution is 5.75. The second-order valence-electron chi connectivity index (χ2n) is 3.03. The summed E-state index contributed by atoms with van der Waals surface area (Å²) in [5.74, 6) is 0.00389. The highest BCUT2D eigenvalue weighted by Gasteiger charge is 2.02. The molecule has 1 amide bonds. The zero-order chi connectivity index (χ0) is 10.4. The number of nitrogens with two attached hydrogens (primary N) is 1. The molecule has 0 aliphatic rings. The Hall–Kier alpha value is -1.36. The standard InChI is InChI=1S/C9H16N4O/c1-2-11-9(14)6-13-5-8(3-4-10)12-7-13/h5,7H,2-4,6,10H2,1H3,(H,11,14). The van der Waals surface area contributed by atoms with Gasteiger partial charge in [0.15, 0.2) is 0 Å². The second kappa shape index (κ2) is 5.39. The molecule has 0 aromatic carbocycles. The van der Waals surface area contributed by atoms with Crippen LogP contribution in [0.2, 0.25) is 0 Å². The number of carbonyl (C=O) groups is 1. The van der Waals surface area contributed by atoms with Crippen molar-refractivity contribution in [2.45, 2.75) is 19.9 Å². The van der Waals surface area contributed by atoms with Crippen LogP contribution in [0.3, 0.4) is 0 Å². The van der Waals surface area contributed by atoms with E-state index in [0.717, 1.165) is 12.1 Å². The molecule has 0 spiro atoms. The number of imidazole rings is 1. The average Bonchev–Trinajstić information content (AvgIpc) is 2.53.